The van der Waals surface area contributed by atoms with Crippen LogP contribution in [0, 0.1) is 5.92 Å². The zero-order chi connectivity index (χ0) is 15.9. The number of hydrogen-bond acceptors (Lipinski definition) is 4. The molecule has 1 aromatic rings. The van der Waals surface area contributed by atoms with Gasteiger partial charge in [-0.15, -0.1) is 11.3 Å². The fourth-order valence-electron chi connectivity index (χ4n) is 3.07. The van der Waals surface area contributed by atoms with E-state index in [0.717, 1.165) is 42.9 Å². The van der Waals surface area contributed by atoms with Gasteiger partial charge in [0.05, 0.1) is 18.6 Å². The molecular weight excluding hydrogens is 311 g/mol. The van der Waals surface area contributed by atoms with E-state index in [1.54, 1.807) is 6.07 Å². The third kappa shape index (κ3) is 3.09. The number of nitrogens with one attached hydrogen (secondary N) is 1. The summed E-state index contributed by atoms with van der Waals surface area (Å²) in [6, 6.07) is 2.99. The number of hydrogen-bond donors (Lipinski definition) is 1. The molecule has 1 fully saturated rings. The summed E-state index contributed by atoms with van der Waals surface area (Å²) >= 11 is 0.800. The van der Waals surface area contributed by atoms with Gasteiger partial charge in [-0.3, -0.25) is 4.99 Å². The van der Waals surface area contributed by atoms with Gasteiger partial charge in [0, 0.05) is 11.4 Å². The number of piperidine rings is 1. The summed E-state index contributed by atoms with van der Waals surface area (Å²) in [6.45, 7) is 5.88. The first kappa shape index (κ1) is 15.6. The molecule has 0 bridgehead atoms. The second-order valence-corrected chi connectivity index (χ2v) is 7.33. The first-order chi connectivity index (χ1) is 10.3. The molecule has 122 valence electrons. The van der Waals surface area contributed by atoms with Crippen molar-refractivity contribution in [2.45, 2.75) is 44.9 Å². The van der Waals surface area contributed by atoms with Crippen LogP contribution in [-0.2, 0) is 6.18 Å². The van der Waals surface area contributed by atoms with Crippen LogP contribution >= 0.6 is 11.3 Å². The fraction of sp³-hybridized carbons (Fsp3) is 0.667. The van der Waals surface area contributed by atoms with Gasteiger partial charge in [-0.1, -0.05) is 6.92 Å². The molecule has 7 heteroatoms. The van der Waals surface area contributed by atoms with Crippen LogP contribution in [0.25, 0.3) is 0 Å². The minimum Gasteiger partial charge on any atom is -0.349 e. The Morgan fingerprint density at radius 2 is 2.14 bits per heavy atom. The van der Waals surface area contributed by atoms with Crippen molar-refractivity contribution in [3.05, 3.63) is 21.9 Å². The lowest BCUT2D eigenvalue weighted by atomic mass is 9.95. The molecule has 0 spiro atoms. The smallest absolute Gasteiger partial charge is 0.349 e. The lowest BCUT2D eigenvalue weighted by molar-refractivity contribution is -0.134. The van der Waals surface area contributed by atoms with Gasteiger partial charge in [0.1, 0.15) is 4.88 Å². The Kier molecular flexibility index (Phi) is 4.09. The number of guanidine groups is 1. The van der Waals surface area contributed by atoms with Crippen molar-refractivity contribution in [3.63, 3.8) is 0 Å². The van der Waals surface area contributed by atoms with E-state index in [1.807, 2.05) is 6.92 Å². The molecule has 3 rings (SSSR count). The number of halogens is 3. The monoisotopic (exact) mass is 331 g/mol. The van der Waals surface area contributed by atoms with Crippen LogP contribution in [0.1, 0.15) is 42.5 Å². The van der Waals surface area contributed by atoms with Gasteiger partial charge < -0.3 is 10.2 Å². The van der Waals surface area contributed by atoms with Gasteiger partial charge >= 0.3 is 6.18 Å². The Morgan fingerprint density at radius 3 is 2.82 bits per heavy atom. The normalized spacial score (nSPS) is 26.6. The molecule has 1 aromatic heterocycles. The Morgan fingerprint density at radius 1 is 1.36 bits per heavy atom. The summed E-state index contributed by atoms with van der Waals surface area (Å²) in [5.74, 6) is 1.47. The Labute approximate surface area is 132 Å². The average molecular weight is 331 g/mol. The first-order valence-corrected chi connectivity index (χ1v) is 8.41. The van der Waals surface area contributed by atoms with Crippen molar-refractivity contribution in [1.82, 2.24) is 10.2 Å². The van der Waals surface area contributed by atoms with E-state index in [4.69, 9.17) is 0 Å². The van der Waals surface area contributed by atoms with Crippen molar-refractivity contribution in [2.75, 3.05) is 13.1 Å². The lowest BCUT2D eigenvalue weighted by Gasteiger charge is -2.36. The van der Waals surface area contributed by atoms with Crippen LogP contribution in [0.5, 0.6) is 0 Å². The number of thiophene rings is 1. The molecule has 0 radical (unpaired) electrons. The highest BCUT2D eigenvalue weighted by Gasteiger charge is 2.35. The van der Waals surface area contributed by atoms with E-state index < -0.39 is 11.1 Å². The quantitative estimate of drug-likeness (QED) is 0.890. The minimum atomic E-state index is -4.26. The van der Waals surface area contributed by atoms with Crippen LogP contribution in [0.2, 0.25) is 0 Å². The second kappa shape index (κ2) is 5.76. The molecule has 0 aliphatic carbocycles. The van der Waals surface area contributed by atoms with Crippen molar-refractivity contribution < 1.29 is 13.2 Å². The van der Waals surface area contributed by atoms with Crippen molar-refractivity contribution in [1.29, 1.82) is 0 Å². The summed E-state index contributed by atoms with van der Waals surface area (Å²) in [5.41, 5.74) is 0. The van der Waals surface area contributed by atoms with Crippen LogP contribution in [0.4, 0.5) is 13.2 Å². The van der Waals surface area contributed by atoms with Crippen LogP contribution < -0.4 is 5.32 Å². The van der Waals surface area contributed by atoms with Crippen LogP contribution in [-0.4, -0.2) is 30.0 Å². The number of aliphatic imine (C=N–C) groups is 1. The number of fused-ring (bicyclic) bond motifs is 1. The topological polar surface area (TPSA) is 27.6 Å². The molecule has 1 N–H and O–H groups in total. The van der Waals surface area contributed by atoms with E-state index in [2.05, 4.69) is 22.1 Å². The SMILES string of the molecule is CC1CCC2CN=C(NC(C)c3ccc(C(F)(F)F)s3)N2C1. The zero-order valence-corrected chi connectivity index (χ0v) is 13.5. The molecule has 3 atom stereocenters. The molecule has 3 heterocycles. The number of rotatable bonds is 2. The molecule has 3 nitrogen and oxygen atoms in total. The number of nitrogens with zero attached hydrogens (tertiary/aromatic N) is 2. The molecule has 1 saturated heterocycles. The predicted octanol–water partition coefficient (Wildman–Crippen LogP) is 3.89. The van der Waals surface area contributed by atoms with Crippen LogP contribution in [0.15, 0.2) is 17.1 Å². The van der Waals surface area contributed by atoms with Crippen molar-refractivity contribution in [2.24, 2.45) is 10.9 Å². The maximum Gasteiger partial charge on any atom is 0.425 e. The Balaban J connectivity index is 1.67. The van der Waals surface area contributed by atoms with Gasteiger partial charge in [-0.2, -0.15) is 13.2 Å². The lowest BCUT2D eigenvalue weighted by Crippen LogP contribution is -2.48. The van der Waals surface area contributed by atoms with E-state index >= 15 is 0 Å². The molecule has 3 unspecified atom stereocenters. The molecule has 0 amide bonds. The number of alkyl halides is 3. The van der Waals surface area contributed by atoms with Gasteiger partial charge in [0.15, 0.2) is 5.96 Å². The third-order valence-electron chi connectivity index (χ3n) is 4.34. The summed E-state index contributed by atoms with van der Waals surface area (Å²) < 4.78 is 38.1. The maximum atomic E-state index is 12.7. The summed E-state index contributed by atoms with van der Waals surface area (Å²) in [4.78, 5) is 6.97. The summed E-state index contributed by atoms with van der Waals surface area (Å²) in [7, 11) is 0. The summed E-state index contributed by atoms with van der Waals surface area (Å²) in [6.07, 6.45) is -1.90. The van der Waals surface area contributed by atoms with Gasteiger partial charge in [-0.25, -0.2) is 0 Å². The second-order valence-electron chi connectivity index (χ2n) is 6.22. The molecule has 2 aliphatic heterocycles. The highest BCUT2D eigenvalue weighted by molar-refractivity contribution is 7.12. The van der Waals surface area contributed by atoms with E-state index in [-0.39, 0.29) is 6.04 Å². The Bertz CT molecular complexity index is 567. The minimum absolute atomic E-state index is 0.171. The van der Waals surface area contributed by atoms with E-state index in [1.165, 1.54) is 6.42 Å². The highest BCUT2D eigenvalue weighted by atomic mass is 32.1. The fourth-order valence-corrected chi connectivity index (χ4v) is 3.95. The molecule has 0 aromatic carbocycles. The summed E-state index contributed by atoms with van der Waals surface area (Å²) in [5, 5.41) is 3.30. The van der Waals surface area contributed by atoms with Crippen LogP contribution in [0.3, 0.4) is 0 Å². The molecule has 0 saturated carbocycles. The Hall–Kier alpha value is -1.24. The van der Waals surface area contributed by atoms with Crippen molar-refractivity contribution >= 4 is 17.3 Å². The highest BCUT2D eigenvalue weighted by Crippen LogP contribution is 2.36. The van der Waals surface area contributed by atoms with Gasteiger partial charge in [0.2, 0.25) is 0 Å². The molecule has 22 heavy (non-hydrogen) atoms. The van der Waals surface area contributed by atoms with Gasteiger partial charge in [0.25, 0.3) is 0 Å². The predicted molar refractivity (Wildman–Crippen MR) is 82.1 cm³/mol. The standard InChI is InChI=1S/C15H20F3N3S/c1-9-3-4-11-7-19-14(21(11)8-9)20-10(2)12-5-6-13(22-12)15(16,17)18/h5-6,9-11H,3-4,7-8H2,1-2H3,(H,19,20). The molecule has 2 aliphatic rings. The average Bonchev–Trinajstić information content (AvgIpc) is 3.05. The van der Waals surface area contributed by atoms with Crippen molar-refractivity contribution in [3.8, 4) is 0 Å². The third-order valence-corrected chi connectivity index (χ3v) is 5.66. The van der Waals surface area contributed by atoms with E-state index in [9.17, 15) is 13.2 Å². The molecular formula is C15H20F3N3S. The van der Waals surface area contributed by atoms with Gasteiger partial charge in [-0.05, 0) is 37.8 Å². The first-order valence-electron chi connectivity index (χ1n) is 7.59. The van der Waals surface area contributed by atoms with E-state index in [0.29, 0.717) is 16.8 Å². The maximum absolute atomic E-state index is 12.7. The largest absolute Gasteiger partial charge is 0.425 e. The zero-order valence-electron chi connectivity index (χ0n) is 12.7.